The zero-order valence-electron chi connectivity index (χ0n) is 10.3. The number of anilines is 2. The number of rotatable bonds is 1. The Balaban J connectivity index is 2.17. The Bertz CT molecular complexity index is 434. The highest BCUT2D eigenvalue weighted by Crippen LogP contribution is 2.25. The summed E-state index contributed by atoms with van der Waals surface area (Å²) in [7, 11) is 0. The van der Waals surface area contributed by atoms with Crippen LogP contribution in [-0.2, 0) is 0 Å². The Morgan fingerprint density at radius 2 is 2.18 bits per heavy atom. The molecule has 0 aliphatic carbocycles. The van der Waals surface area contributed by atoms with E-state index in [1.807, 2.05) is 18.2 Å². The van der Waals surface area contributed by atoms with E-state index in [0.717, 1.165) is 24.7 Å². The molecule has 17 heavy (non-hydrogen) atoms. The summed E-state index contributed by atoms with van der Waals surface area (Å²) in [4.78, 5) is 2.38. The largest absolute Gasteiger partial charge is 0.398 e. The zero-order valence-corrected chi connectivity index (χ0v) is 10.3. The van der Waals surface area contributed by atoms with E-state index in [1.165, 1.54) is 19.3 Å². The van der Waals surface area contributed by atoms with Crippen molar-refractivity contribution in [3.8, 4) is 6.07 Å². The van der Waals surface area contributed by atoms with E-state index in [0.29, 0.717) is 11.3 Å². The normalized spacial score (nSPS) is 20.7. The van der Waals surface area contributed by atoms with Gasteiger partial charge in [-0.05, 0) is 43.4 Å². The van der Waals surface area contributed by atoms with Gasteiger partial charge in [0.2, 0.25) is 0 Å². The third kappa shape index (κ3) is 2.71. The molecular formula is C14H19N3. The molecule has 1 aromatic rings. The Kier molecular flexibility index (Phi) is 3.53. The van der Waals surface area contributed by atoms with Gasteiger partial charge in [-0.25, -0.2) is 0 Å². The van der Waals surface area contributed by atoms with Gasteiger partial charge in [0.25, 0.3) is 0 Å². The standard InChI is InChI=1S/C14H19N3/c1-11-3-2-7-17(8-6-11)13-5-4-12(10-15)14(16)9-13/h4-5,9,11H,2-3,6-8,16H2,1H3. The van der Waals surface area contributed by atoms with E-state index < -0.39 is 0 Å². The molecule has 0 radical (unpaired) electrons. The lowest BCUT2D eigenvalue weighted by Crippen LogP contribution is -2.24. The molecule has 1 aromatic carbocycles. The molecular weight excluding hydrogens is 210 g/mol. The Labute approximate surface area is 103 Å². The summed E-state index contributed by atoms with van der Waals surface area (Å²) in [5.41, 5.74) is 8.16. The summed E-state index contributed by atoms with van der Waals surface area (Å²) in [6.45, 7) is 4.50. The van der Waals surface area contributed by atoms with E-state index in [-0.39, 0.29) is 0 Å². The topological polar surface area (TPSA) is 53.0 Å². The maximum absolute atomic E-state index is 8.86. The van der Waals surface area contributed by atoms with Crippen LogP contribution in [0.15, 0.2) is 18.2 Å². The quantitative estimate of drug-likeness (QED) is 0.753. The van der Waals surface area contributed by atoms with E-state index in [2.05, 4.69) is 17.9 Å². The molecule has 1 saturated heterocycles. The van der Waals surface area contributed by atoms with Gasteiger partial charge in [-0.3, -0.25) is 0 Å². The van der Waals surface area contributed by atoms with Crippen LogP contribution in [0.1, 0.15) is 31.7 Å². The van der Waals surface area contributed by atoms with Crippen molar-refractivity contribution in [2.75, 3.05) is 23.7 Å². The van der Waals surface area contributed by atoms with E-state index in [9.17, 15) is 0 Å². The smallest absolute Gasteiger partial charge is 0.101 e. The fraction of sp³-hybridized carbons (Fsp3) is 0.500. The molecule has 1 atom stereocenters. The van der Waals surface area contributed by atoms with Gasteiger partial charge in [-0.2, -0.15) is 5.26 Å². The van der Waals surface area contributed by atoms with Gasteiger partial charge < -0.3 is 10.6 Å². The molecule has 2 rings (SSSR count). The molecule has 90 valence electrons. The maximum atomic E-state index is 8.86. The van der Waals surface area contributed by atoms with Crippen molar-refractivity contribution in [3.05, 3.63) is 23.8 Å². The van der Waals surface area contributed by atoms with E-state index >= 15 is 0 Å². The van der Waals surface area contributed by atoms with Crippen molar-refractivity contribution in [1.82, 2.24) is 0 Å². The SMILES string of the molecule is CC1CCCN(c2ccc(C#N)c(N)c2)CC1. The lowest BCUT2D eigenvalue weighted by molar-refractivity contribution is 0.521. The Morgan fingerprint density at radius 1 is 1.35 bits per heavy atom. The highest BCUT2D eigenvalue weighted by Gasteiger charge is 2.14. The first-order chi connectivity index (χ1) is 8.20. The lowest BCUT2D eigenvalue weighted by Gasteiger charge is -2.23. The van der Waals surface area contributed by atoms with Crippen molar-refractivity contribution in [2.24, 2.45) is 5.92 Å². The Morgan fingerprint density at radius 3 is 2.88 bits per heavy atom. The molecule has 1 heterocycles. The molecule has 0 saturated carbocycles. The average molecular weight is 229 g/mol. The summed E-state index contributed by atoms with van der Waals surface area (Å²) >= 11 is 0. The summed E-state index contributed by atoms with van der Waals surface area (Å²) in [5, 5.41) is 8.86. The van der Waals surface area contributed by atoms with Gasteiger partial charge in [0.15, 0.2) is 0 Å². The van der Waals surface area contributed by atoms with Crippen molar-refractivity contribution in [3.63, 3.8) is 0 Å². The van der Waals surface area contributed by atoms with Crippen LogP contribution in [0.2, 0.25) is 0 Å². The molecule has 3 nitrogen and oxygen atoms in total. The summed E-state index contributed by atoms with van der Waals surface area (Å²) in [6, 6.07) is 7.85. The second-order valence-electron chi connectivity index (χ2n) is 4.91. The van der Waals surface area contributed by atoms with Crippen LogP contribution in [0, 0.1) is 17.2 Å². The monoisotopic (exact) mass is 229 g/mol. The van der Waals surface area contributed by atoms with Gasteiger partial charge in [-0.15, -0.1) is 0 Å². The molecule has 0 bridgehead atoms. The first-order valence-electron chi connectivity index (χ1n) is 6.25. The fourth-order valence-electron chi connectivity index (χ4n) is 2.37. The summed E-state index contributed by atoms with van der Waals surface area (Å²) < 4.78 is 0. The number of nitriles is 1. The molecule has 1 fully saturated rings. The van der Waals surface area contributed by atoms with Crippen molar-refractivity contribution >= 4 is 11.4 Å². The molecule has 0 aromatic heterocycles. The molecule has 2 N–H and O–H groups in total. The minimum Gasteiger partial charge on any atom is -0.398 e. The molecule has 3 heteroatoms. The van der Waals surface area contributed by atoms with E-state index in [4.69, 9.17) is 11.0 Å². The number of benzene rings is 1. The van der Waals surface area contributed by atoms with Gasteiger partial charge in [0.1, 0.15) is 6.07 Å². The number of hydrogen-bond donors (Lipinski definition) is 1. The van der Waals surface area contributed by atoms with E-state index in [1.54, 1.807) is 0 Å². The lowest BCUT2D eigenvalue weighted by atomic mass is 10.0. The van der Waals surface area contributed by atoms with Crippen molar-refractivity contribution in [2.45, 2.75) is 26.2 Å². The molecule has 1 aliphatic rings. The molecule has 1 aliphatic heterocycles. The fourth-order valence-corrected chi connectivity index (χ4v) is 2.37. The first kappa shape index (κ1) is 11.8. The summed E-state index contributed by atoms with van der Waals surface area (Å²) in [5.74, 6) is 0.815. The predicted molar refractivity (Wildman–Crippen MR) is 70.8 cm³/mol. The molecule has 1 unspecified atom stereocenters. The van der Waals surface area contributed by atoms with Crippen LogP contribution in [0.25, 0.3) is 0 Å². The first-order valence-corrected chi connectivity index (χ1v) is 6.25. The van der Waals surface area contributed by atoms with Crippen LogP contribution in [0.4, 0.5) is 11.4 Å². The molecule has 0 amide bonds. The maximum Gasteiger partial charge on any atom is 0.101 e. The number of nitrogens with two attached hydrogens (primary N) is 1. The minimum atomic E-state index is 0.567. The second-order valence-corrected chi connectivity index (χ2v) is 4.91. The zero-order chi connectivity index (χ0) is 12.3. The predicted octanol–water partition coefficient (Wildman–Crippen LogP) is 2.77. The van der Waals surface area contributed by atoms with Crippen LogP contribution in [0.5, 0.6) is 0 Å². The van der Waals surface area contributed by atoms with Crippen LogP contribution in [-0.4, -0.2) is 13.1 Å². The van der Waals surface area contributed by atoms with Crippen LogP contribution < -0.4 is 10.6 Å². The van der Waals surface area contributed by atoms with Crippen molar-refractivity contribution in [1.29, 1.82) is 5.26 Å². The number of nitrogen functional groups attached to an aromatic ring is 1. The highest BCUT2D eigenvalue weighted by molar-refractivity contribution is 5.63. The van der Waals surface area contributed by atoms with Gasteiger partial charge in [-0.1, -0.05) is 6.92 Å². The van der Waals surface area contributed by atoms with Gasteiger partial charge in [0, 0.05) is 18.8 Å². The number of hydrogen-bond acceptors (Lipinski definition) is 3. The highest BCUT2D eigenvalue weighted by atomic mass is 15.1. The third-order valence-corrected chi connectivity index (χ3v) is 3.54. The van der Waals surface area contributed by atoms with Gasteiger partial charge in [0.05, 0.1) is 11.3 Å². The number of nitrogens with zero attached hydrogens (tertiary/aromatic N) is 2. The van der Waals surface area contributed by atoms with Crippen LogP contribution in [0.3, 0.4) is 0 Å². The second kappa shape index (κ2) is 5.09. The van der Waals surface area contributed by atoms with Crippen molar-refractivity contribution < 1.29 is 0 Å². The molecule has 0 spiro atoms. The van der Waals surface area contributed by atoms with Gasteiger partial charge >= 0.3 is 0 Å². The minimum absolute atomic E-state index is 0.567. The van der Waals surface area contributed by atoms with Crippen LogP contribution >= 0.6 is 0 Å². The summed E-state index contributed by atoms with van der Waals surface area (Å²) in [6.07, 6.45) is 3.78. The Hall–Kier alpha value is -1.69. The average Bonchev–Trinajstić information content (AvgIpc) is 2.54. The third-order valence-electron chi connectivity index (χ3n) is 3.54.